The maximum Gasteiger partial charge on any atom is 0.208 e. The molecule has 8 heteroatoms. The number of hydrogen-bond acceptors (Lipinski definition) is 6. The SMILES string of the molecule is CCCCn1c(Cc2c[nH]c3ccccc23)cnc1-c1nnc(N2CCN(C)CC2)s1. The number of benzene rings is 1. The van der Waals surface area contributed by atoms with Crippen molar-refractivity contribution in [2.24, 2.45) is 0 Å². The monoisotopic (exact) mass is 435 g/mol. The van der Waals surface area contributed by atoms with Crippen molar-refractivity contribution in [2.45, 2.75) is 32.7 Å². The molecule has 4 aromatic rings. The highest BCUT2D eigenvalue weighted by molar-refractivity contribution is 7.18. The van der Waals surface area contributed by atoms with E-state index in [0.29, 0.717) is 0 Å². The Balaban J connectivity index is 1.43. The number of hydrogen-bond donors (Lipinski definition) is 1. The third-order valence-electron chi connectivity index (χ3n) is 6.10. The van der Waals surface area contributed by atoms with E-state index in [9.17, 15) is 0 Å². The van der Waals surface area contributed by atoms with Crippen molar-refractivity contribution in [1.82, 2.24) is 29.6 Å². The molecule has 1 N–H and O–H groups in total. The van der Waals surface area contributed by atoms with Crippen LogP contribution in [-0.4, -0.2) is 62.9 Å². The number of para-hydroxylation sites is 1. The second kappa shape index (κ2) is 8.80. The summed E-state index contributed by atoms with van der Waals surface area (Å²) < 4.78 is 2.35. The lowest BCUT2D eigenvalue weighted by Gasteiger charge is -2.31. The minimum absolute atomic E-state index is 0.852. The maximum atomic E-state index is 4.80. The number of imidazole rings is 1. The average Bonchev–Trinajstić information content (AvgIpc) is 3.52. The zero-order chi connectivity index (χ0) is 21.2. The molecule has 0 unspecified atom stereocenters. The number of aromatic amines is 1. The van der Waals surface area contributed by atoms with Gasteiger partial charge >= 0.3 is 0 Å². The van der Waals surface area contributed by atoms with Crippen LogP contribution in [0.3, 0.4) is 0 Å². The van der Waals surface area contributed by atoms with E-state index in [-0.39, 0.29) is 0 Å². The fourth-order valence-corrected chi connectivity index (χ4v) is 5.10. The van der Waals surface area contributed by atoms with E-state index in [1.807, 2.05) is 6.20 Å². The van der Waals surface area contributed by atoms with Gasteiger partial charge in [-0.3, -0.25) is 0 Å². The van der Waals surface area contributed by atoms with Gasteiger partial charge in [-0.25, -0.2) is 4.98 Å². The van der Waals surface area contributed by atoms with Crippen LogP contribution in [0.25, 0.3) is 21.7 Å². The maximum absolute atomic E-state index is 4.80. The summed E-state index contributed by atoms with van der Waals surface area (Å²) in [6.07, 6.45) is 7.26. The Hall–Kier alpha value is -2.71. The van der Waals surface area contributed by atoms with Crippen LogP contribution in [0.2, 0.25) is 0 Å². The van der Waals surface area contributed by atoms with Crippen LogP contribution >= 0.6 is 11.3 Å². The summed E-state index contributed by atoms with van der Waals surface area (Å²) in [5, 5.41) is 12.2. The van der Waals surface area contributed by atoms with Crippen molar-refractivity contribution in [1.29, 1.82) is 0 Å². The summed E-state index contributed by atoms with van der Waals surface area (Å²) in [7, 11) is 2.17. The predicted octanol–water partition coefficient (Wildman–Crippen LogP) is 4.03. The number of nitrogens with one attached hydrogen (secondary N) is 1. The van der Waals surface area contributed by atoms with E-state index >= 15 is 0 Å². The second-order valence-electron chi connectivity index (χ2n) is 8.29. The molecule has 0 aliphatic carbocycles. The first-order chi connectivity index (χ1) is 15.2. The first kappa shape index (κ1) is 20.2. The molecule has 1 aromatic carbocycles. The lowest BCUT2D eigenvalue weighted by molar-refractivity contribution is 0.312. The molecule has 162 valence electrons. The molecule has 0 radical (unpaired) electrons. The molecule has 31 heavy (non-hydrogen) atoms. The third-order valence-corrected chi connectivity index (χ3v) is 7.08. The quantitative estimate of drug-likeness (QED) is 0.475. The molecule has 3 aromatic heterocycles. The van der Waals surface area contributed by atoms with Gasteiger partial charge in [-0.2, -0.15) is 0 Å². The number of likely N-dealkylation sites (N-methyl/N-ethyl adjacent to an activating group) is 1. The van der Waals surface area contributed by atoms with E-state index in [4.69, 9.17) is 4.98 Å². The number of aromatic nitrogens is 5. The van der Waals surface area contributed by atoms with Gasteiger partial charge in [-0.05, 0) is 25.1 Å². The van der Waals surface area contributed by atoms with Gasteiger partial charge in [0, 0.05) is 68.1 Å². The minimum Gasteiger partial charge on any atom is -0.361 e. The molecule has 1 fully saturated rings. The average molecular weight is 436 g/mol. The van der Waals surface area contributed by atoms with Gasteiger partial charge in [0.05, 0.1) is 0 Å². The fourth-order valence-electron chi connectivity index (χ4n) is 4.19. The van der Waals surface area contributed by atoms with Gasteiger partial charge in [0.2, 0.25) is 5.13 Å². The van der Waals surface area contributed by atoms with Crippen LogP contribution in [0.4, 0.5) is 5.13 Å². The molecular weight excluding hydrogens is 406 g/mol. The molecule has 7 nitrogen and oxygen atoms in total. The first-order valence-corrected chi connectivity index (χ1v) is 11.9. The van der Waals surface area contributed by atoms with Crippen molar-refractivity contribution in [3.63, 3.8) is 0 Å². The van der Waals surface area contributed by atoms with E-state index in [1.165, 1.54) is 22.2 Å². The van der Waals surface area contributed by atoms with E-state index in [0.717, 1.165) is 67.9 Å². The highest BCUT2D eigenvalue weighted by atomic mass is 32.1. The third kappa shape index (κ3) is 4.09. The molecule has 0 atom stereocenters. The molecule has 0 bridgehead atoms. The Morgan fingerprint density at radius 1 is 1.10 bits per heavy atom. The Kier molecular flexibility index (Phi) is 5.74. The summed E-state index contributed by atoms with van der Waals surface area (Å²) in [5.41, 5.74) is 3.71. The van der Waals surface area contributed by atoms with Crippen LogP contribution in [-0.2, 0) is 13.0 Å². The van der Waals surface area contributed by atoms with Gasteiger partial charge in [0.1, 0.15) is 0 Å². The smallest absolute Gasteiger partial charge is 0.208 e. The summed E-state index contributed by atoms with van der Waals surface area (Å²) in [4.78, 5) is 12.9. The summed E-state index contributed by atoms with van der Waals surface area (Å²) in [6, 6.07) is 8.47. The molecule has 1 saturated heterocycles. The molecule has 4 heterocycles. The zero-order valence-electron chi connectivity index (χ0n) is 18.2. The van der Waals surface area contributed by atoms with Gasteiger partial charge in [0.25, 0.3) is 0 Å². The van der Waals surface area contributed by atoms with Gasteiger partial charge in [-0.15, -0.1) is 10.2 Å². The van der Waals surface area contributed by atoms with E-state index in [1.54, 1.807) is 11.3 Å². The summed E-state index contributed by atoms with van der Waals surface area (Å²) in [6.45, 7) is 7.31. The van der Waals surface area contributed by atoms with Crippen LogP contribution in [0.15, 0.2) is 36.7 Å². The lowest BCUT2D eigenvalue weighted by atomic mass is 10.1. The van der Waals surface area contributed by atoms with Crippen molar-refractivity contribution in [2.75, 3.05) is 38.1 Å². The molecule has 0 saturated carbocycles. The Bertz CT molecular complexity index is 1150. The molecular formula is C23H29N7S. The van der Waals surface area contributed by atoms with Crippen LogP contribution in [0.5, 0.6) is 0 Å². The number of anilines is 1. The van der Waals surface area contributed by atoms with Crippen molar-refractivity contribution >= 4 is 27.4 Å². The molecule has 0 spiro atoms. The standard InChI is InChI=1S/C23H29N7S/c1-3-4-9-30-18(14-17-15-24-20-8-6-5-7-19(17)20)16-25-21(30)22-26-27-23(31-22)29-12-10-28(2)11-13-29/h5-8,15-16,24H,3-4,9-14H2,1-2H3. The highest BCUT2D eigenvalue weighted by Gasteiger charge is 2.21. The zero-order valence-corrected chi connectivity index (χ0v) is 19.0. The van der Waals surface area contributed by atoms with Gasteiger partial charge in [-0.1, -0.05) is 42.9 Å². The van der Waals surface area contributed by atoms with Crippen LogP contribution in [0.1, 0.15) is 31.0 Å². The fraction of sp³-hybridized carbons (Fsp3) is 0.435. The normalized spacial score (nSPS) is 15.2. The van der Waals surface area contributed by atoms with Gasteiger partial charge < -0.3 is 19.4 Å². The van der Waals surface area contributed by atoms with Crippen molar-refractivity contribution in [3.05, 3.63) is 47.9 Å². The highest BCUT2D eigenvalue weighted by Crippen LogP contribution is 2.30. The number of rotatable bonds is 7. The van der Waals surface area contributed by atoms with Crippen LogP contribution in [0, 0.1) is 0 Å². The summed E-state index contributed by atoms with van der Waals surface area (Å²) >= 11 is 1.66. The second-order valence-corrected chi connectivity index (χ2v) is 9.25. The predicted molar refractivity (Wildman–Crippen MR) is 127 cm³/mol. The topological polar surface area (TPSA) is 65.9 Å². The number of H-pyrrole nitrogens is 1. The first-order valence-electron chi connectivity index (χ1n) is 11.1. The van der Waals surface area contributed by atoms with Gasteiger partial charge in [0.15, 0.2) is 10.8 Å². The minimum atomic E-state index is 0.852. The number of unbranched alkanes of at least 4 members (excludes halogenated alkanes) is 1. The van der Waals surface area contributed by atoms with Crippen molar-refractivity contribution in [3.8, 4) is 10.8 Å². The largest absolute Gasteiger partial charge is 0.361 e. The summed E-state index contributed by atoms with van der Waals surface area (Å²) in [5.74, 6) is 0.946. The van der Waals surface area contributed by atoms with Crippen LogP contribution < -0.4 is 4.90 Å². The lowest BCUT2D eigenvalue weighted by Crippen LogP contribution is -2.44. The molecule has 0 amide bonds. The van der Waals surface area contributed by atoms with Crippen molar-refractivity contribution < 1.29 is 0 Å². The van der Waals surface area contributed by atoms with E-state index in [2.05, 4.69) is 74.0 Å². The molecule has 1 aliphatic rings. The van der Waals surface area contributed by atoms with E-state index < -0.39 is 0 Å². The number of piperazine rings is 1. The number of fused-ring (bicyclic) bond motifs is 1. The Morgan fingerprint density at radius 2 is 1.94 bits per heavy atom. The number of nitrogens with zero attached hydrogens (tertiary/aromatic N) is 6. The molecule has 5 rings (SSSR count). The molecule has 1 aliphatic heterocycles. The Morgan fingerprint density at radius 3 is 2.77 bits per heavy atom. The Labute approximate surface area is 186 Å².